The molecule has 0 atom stereocenters. The predicted molar refractivity (Wildman–Crippen MR) is 104 cm³/mol. The second kappa shape index (κ2) is 8.13. The van der Waals surface area contributed by atoms with Gasteiger partial charge in [-0.05, 0) is 12.5 Å². The van der Waals surface area contributed by atoms with Crippen LogP contribution in [0.5, 0.6) is 0 Å². The standard InChI is InChI=1S/C18H18N4OS2/c1-3-9-22-15(14-7-5-4-6-8-14)10-19-18(22)25-12-16(23)21-17-20-13(2)11-24-17/h3-8,10-11H,1,9,12H2,2H3,(H,20,21,23). The summed E-state index contributed by atoms with van der Waals surface area (Å²) >= 11 is 2.83. The van der Waals surface area contributed by atoms with Gasteiger partial charge in [0.1, 0.15) is 0 Å². The molecule has 1 N–H and O–H groups in total. The molecule has 2 heterocycles. The first kappa shape index (κ1) is 17.4. The number of benzene rings is 1. The lowest BCUT2D eigenvalue weighted by Gasteiger charge is -2.09. The number of thiazole rings is 1. The first-order valence-corrected chi connectivity index (χ1v) is 9.60. The Labute approximate surface area is 154 Å². The quantitative estimate of drug-likeness (QED) is 0.499. The van der Waals surface area contributed by atoms with Gasteiger partial charge in [0.25, 0.3) is 0 Å². The molecule has 0 bridgehead atoms. The van der Waals surface area contributed by atoms with Crippen molar-refractivity contribution in [3.63, 3.8) is 0 Å². The summed E-state index contributed by atoms with van der Waals surface area (Å²) in [5, 5.41) is 6.14. The monoisotopic (exact) mass is 370 g/mol. The maximum atomic E-state index is 12.1. The molecular formula is C18H18N4OS2. The Balaban J connectivity index is 1.70. The van der Waals surface area contributed by atoms with Crippen molar-refractivity contribution in [2.45, 2.75) is 18.6 Å². The van der Waals surface area contributed by atoms with E-state index < -0.39 is 0 Å². The van der Waals surface area contributed by atoms with E-state index >= 15 is 0 Å². The molecule has 1 aromatic carbocycles. The highest BCUT2D eigenvalue weighted by atomic mass is 32.2. The van der Waals surface area contributed by atoms with Gasteiger partial charge in [-0.1, -0.05) is 48.2 Å². The fourth-order valence-electron chi connectivity index (χ4n) is 2.32. The van der Waals surface area contributed by atoms with Gasteiger partial charge in [0, 0.05) is 11.9 Å². The van der Waals surface area contributed by atoms with Crippen LogP contribution < -0.4 is 5.32 Å². The number of nitrogens with zero attached hydrogens (tertiary/aromatic N) is 3. The van der Waals surface area contributed by atoms with Gasteiger partial charge in [0.15, 0.2) is 10.3 Å². The van der Waals surface area contributed by atoms with Gasteiger partial charge < -0.3 is 9.88 Å². The lowest BCUT2D eigenvalue weighted by Crippen LogP contribution is -2.14. The third-order valence-electron chi connectivity index (χ3n) is 3.40. The van der Waals surface area contributed by atoms with Gasteiger partial charge in [-0.25, -0.2) is 9.97 Å². The topological polar surface area (TPSA) is 59.8 Å². The maximum Gasteiger partial charge on any atom is 0.236 e. The number of aryl methyl sites for hydroxylation is 1. The number of imidazole rings is 1. The summed E-state index contributed by atoms with van der Waals surface area (Å²) in [6.07, 6.45) is 3.67. The number of thioether (sulfide) groups is 1. The molecule has 0 fully saturated rings. The van der Waals surface area contributed by atoms with E-state index in [1.807, 2.05) is 54.9 Å². The van der Waals surface area contributed by atoms with Crippen LogP contribution in [0.15, 0.2) is 59.7 Å². The minimum atomic E-state index is -0.0891. The van der Waals surface area contributed by atoms with Crippen molar-refractivity contribution in [2.75, 3.05) is 11.1 Å². The zero-order valence-corrected chi connectivity index (χ0v) is 15.4. The zero-order chi connectivity index (χ0) is 17.6. The predicted octanol–water partition coefficient (Wildman–Crippen LogP) is 4.23. The number of aromatic nitrogens is 3. The normalized spacial score (nSPS) is 10.6. The molecule has 0 unspecified atom stereocenters. The first-order valence-electron chi connectivity index (χ1n) is 7.74. The molecule has 3 rings (SSSR count). The van der Waals surface area contributed by atoms with E-state index in [2.05, 4.69) is 26.4 Å². The highest BCUT2D eigenvalue weighted by Gasteiger charge is 2.13. The number of hydrogen-bond acceptors (Lipinski definition) is 5. The third-order valence-corrected chi connectivity index (χ3v) is 5.26. The Morgan fingerprint density at radius 1 is 1.40 bits per heavy atom. The second-order valence-electron chi connectivity index (χ2n) is 5.32. The molecule has 1 amide bonds. The Bertz CT molecular complexity index is 870. The molecule has 128 valence electrons. The Hall–Kier alpha value is -2.38. The van der Waals surface area contributed by atoms with Crippen LogP contribution in [0.2, 0.25) is 0 Å². The first-order chi connectivity index (χ1) is 12.2. The van der Waals surface area contributed by atoms with E-state index in [9.17, 15) is 4.79 Å². The van der Waals surface area contributed by atoms with Crippen LogP contribution in [0.25, 0.3) is 11.3 Å². The molecular weight excluding hydrogens is 352 g/mol. The molecule has 2 aromatic heterocycles. The van der Waals surface area contributed by atoms with Crippen LogP contribution in [-0.4, -0.2) is 26.2 Å². The van der Waals surface area contributed by atoms with Crippen molar-refractivity contribution in [1.82, 2.24) is 14.5 Å². The van der Waals surface area contributed by atoms with Crippen LogP contribution in [0.1, 0.15) is 5.69 Å². The Morgan fingerprint density at radius 2 is 2.20 bits per heavy atom. The van der Waals surface area contributed by atoms with Crippen molar-refractivity contribution in [3.05, 3.63) is 60.3 Å². The van der Waals surface area contributed by atoms with Crippen molar-refractivity contribution in [3.8, 4) is 11.3 Å². The number of allylic oxidation sites excluding steroid dienone is 1. The van der Waals surface area contributed by atoms with Gasteiger partial charge in [-0.15, -0.1) is 17.9 Å². The highest BCUT2D eigenvalue weighted by Crippen LogP contribution is 2.26. The van der Waals surface area contributed by atoms with Crippen molar-refractivity contribution in [1.29, 1.82) is 0 Å². The SMILES string of the molecule is C=CCn1c(-c2ccccc2)cnc1SCC(=O)Nc1nc(C)cs1. The average Bonchev–Trinajstić information content (AvgIpc) is 3.20. The molecule has 0 aliphatic heterocycles. The minimum absolute atomic E-state index is 0.0891. The minimum Gasteiger partial charge on any atom is -0.315 e. The van der Waals surface area contributed by atoms with Crippen LogP contribution in [0, 0.1) is 6.92 Å². The summed E-state index contributed by atoms with van der Waals surface area (Å²) in [4.78, 5) is 20.8. The van der Waals surface area contributed by atoms with Crippen LogP contribution in [0.4, 0.5) is 5.13 Å². The molecule has 0 spiro atoms. The zero-order valence-electron chi connectivity index (χ0n) is 13.8. The Kier molecular flexibility index (Phi) is 5.67. The molecule has 0 saturated heterocycles. The number of carbonyl (C=O) groups is 1. The summed E-state index contributed by atoms with van der Waals surface area (Å²) in [6, 6.07) is 10.1. The number of anilines is 1. The number of hydrogen-bond donors (Lipinski definition) is 1. The van der Waals surface area contributed by atoms with Crippen molar-refractivity contribution < 1.29 is 4.79 Å². The smallest absolute Gasteiger partial charge is 0.236 e. The molecule has 3 aromatic rings. The largest absolute Gasteiger partial charge is 0.315 e. The maximum absolute atomic E-state index is 12.1. The van der Waals surface area contributed by atoms with E-state index in [0.717, 1.165) is 22.1 Å². The number of amides is 1. The van der Waals surface area contributed by atoms with Crippen LogP contribution in [0.3, 0.4) is 0 Å². The summed E-state index contributed by atoms with van der Waals surface area (Å²) in [6.45, 7) is 6.36. The fourth-order valence-corrected chi connectivity index (χ4v) is 3.81. The van der Waals surface area contributed by atoms with E-state index in [-0.39, 0.29) is 11.7 Å². The van der Waals surface area contributed by atoms with E-state index in [1.165, 1.54) is 23.1 Å². The molecule has 0 aliphatic rings. The lowest BCUT2D eigenvalue weighted by atomic mass is 10.2. The van der Waals surface area contributed by atoms with Gasteiger partial charge in [-0.3, -0.25) is 4.79 Å². The van der Waals surface area contributed by atoms with E-state index in [0.29, 0.717) is 11.7 Å². The number of carbonyl (C=O) groups excluding carboxylic acids is 1. The fraction of sp³-hybridized carbons (Fsp3) is 0.167. The van der Waals surface area contributed by atoms with E-state index in [4.69, 9.17) is 0 Å². The molecule has 0 saturated carbocycles. The molecule has 5 nitrogen and oxygen atoms in total. The van der Waals surface area contributed by atoms with Gasteiger partial charge in [-0.2, -0.15) is 0 Å². The second-order valence-corrected chi connectivity index (χ2v) is 7.12. The highest BCUT2D eigenvalue weighted by molar-refractivity contribution is 7.99. The van der Waals surface area contributed by atoms with Crippen LogP contribution >= 0.6 is 23.1 Å². The van der Waals surface area contributed by atoms with Gasteiger partial charge in [0.2, 0.25) is 5.91 Å². The molecule has 25 heavy (non-hydrogen) atoms. The molecule has 7 heteroatoms. The molecule has 0 aliphatic carbocycles. The third kappa shape index (κ3) is 4.37. The van der Waals surface area contributed by atoms with Gasteiger partial charge >= 0.3 is 0 Å². The van der Waals surface area contributed by atoms with Crippen molar-refractivity contribution >= 4 is 34.1 Å². The number of rotatable bonds is 7. The summed E-state index contributed by atoms with van der Waals surface area (Å²) in [5.74, 6) is 0.190. The van der Waals surface area contributed by atoms with Gasteiger partial charge in [0.05, 0.1) is 23.3 Å². The summed E-state index contributed by atoms with van der Waals surface area (Å²) < 4.78 is 2.06. The number of nitrogens with one attached hydrogen (secondary N) is 1. The Morgan fingerprint density at radius 3 is 2.88 bits per heavy atom. The summed E-state index contributed by atoms with van der Waals surface area (Å²) in [7, 11) is 0. The molecule has 0 radical (unpaired) electrons. The van der Waals surface area contributed by atoms with E-state index in [1.54, 1.807) is 0 Å². The van der Waals surface area contributed by atoms with Crippen molar-refractivity contribution in [2.24, 2.45) is 0 Å². The van der Waals surface area contributed by atoms with Crippen LogP contribution in [-0.2, 0) is 11.3 Å². The average molecular weight is 371 g/mol. The summed E-state index contributed by atoms with van der Waals surface area (Å²) in [5.41, 5.74) is 3.01. The lowest BCUT2D eigenvalue weighted by molar-refractivity contribution is -0.113.